The van der Waals surface area contributed by atoms with Crippen LogP contribution in [-0.2, 0) is 10.8 Å². The second-order valence-corrected chi connectivity index (χ2v) is 21.5. The number of hydrogen-bond acceptors (Lipinski definition) is 4. The maximum absolute atomic E-state index is 7.25. The van der Waals surface area contributed by atoms with Crippen LogP contribution in [0.5, 0.6) is 23.0 Å². The molecular formula is C68H53BN2O2. The van der Waals surface area contributed by atoms with Gasteiger partial charge in [-0.1, -0.05) is 154 Å². The minimum atomic E-state index is -0.300. The Morgan fingerprint density at radius 3 is 1.07 bits per heavy atom. The minimum Gasteiger partial charge on any atom is -0.458 e. The Morgan fingerprint density at radius 1 is 0.329 bits per heavy atom. The topological polar surface area (TPSA) is 24.9 Å². The predicted octanol–water partition coefficient (Wildman–Crippen LogP) is 16.3. The molecule has 0 N–H and O–H groups in total. The summed E-state index contributed by atoms with van der Waals surface area (Å²) in [6, 6.07) is 77.6. The molecule has 2 heterocycles. The first kappa shape index (κ1) is 43.3. The summed E-state index contributed by atoms with van der Waals surface area (Å²) in [6.45, 7) is 13.8. The molecule has 10 aromatic carbocycles. The zero-order chi connectivity index (χ0) is 49.3. The lowest BCUT2D eigenvalue weighted by molar-refractivity contribution is 0.464. The number of ether oxygens (including phenoxy) is 2. The van der Waals surface area contributed by atoms with Crippen molar-refractivity contribution in [3.63, 3.8) is 0 Å². The third kappa shape index (κ3) is 6.68. The number of rotatable bonds is 7. The molecule has 0 atom stereocenters. The van der Waals surface area contributed by atoms with E-state index in [1.165, 1.54) is 66.6 Å². The largest absolute Gasteiger partial charge is 0.458 e. The molecule has 0 amide bonds. The maximum Gasteiger partial charge on any atom is 0.260 e. The Kier molecular flexibility index (Phi) is 9.47. The summed E-state index contributed by atoms with van der Waals surface area (Å²) >= 11 is 0. The van der Waals surface area contributed by atoms with Crippen LogP contribution in [0.15, 0.2) is 212 Å². The van der Waals surface area contributed by atoms with Crippen LogP contribution >= 0.6 is 0 Å². The van der Waals surface area contributed by atoms with E-state index in [0.717, 1.165) is 73.7 Å². The molecule has 2 aliphatic heterocycles. The molecule has 73 heavy (non-hydrogen) atoms. The number of fused-ring (bicyclic) bond motifs is 10. The lowest BCUT2D eigenvalue weighted by Crippen LogP contribution is -2.57. The quantitative estimate of drug-likeness (QED) is 0.149. The molecule has 0 saturated heterocycles. The molecular weight excluding hydrogens is 888 g/mol. The van der Waals surface area contributed by atoms with Gasteiger partial charge in [0.1, 0.15) is 23.0 Å². The Hall–Kier alpha value is -8.54. The molecule has 0 radical (unpaired) electrons. The van der Waals surface area contributed by atoms with Crippen molar-refractivity contribution in [2.75, 3.05) is 9.80 Å². The highest BCUT2D eigenvalue weighted by Crippen LogP contribution is 2.55. The second kappa shape index (κ2) is 16.0. The molecule has 14 rings (SSSR count). The van der Waals surface area contributed by atoms with Gasteiger partial charge in [-0.25, -0.2) is 0 Å². The summed E-state index contributed by atoms with van der Waals surface area (Å²) in [5.74, 6) is 3.48. The summed E-state index contributed by atoms with van der Waals surface area (Å²) in [4.78, 5) is 4.72. The van der Waals surface area contributed by atoms with Gasteiger partial charge in [-0.3, -0.25) is 0 Å². The fraction of sp³-hybridized carbons (Fsp3) is 0.118. The fourth-order valence-corrected chi connectivity index (χ4v) is 12.7. The van der Waals surface area contributed by atoms with Gasteiger partial charge < -0.3 is 19.3 Å². The monoisotopic (exact) mass is 940 g/mol. The number of benzene rings is 10. The van der Waals surface area contributed by atoms with E-state index < -0.39 is 0 Å². The van der Waals surface area contributed by atoms with E-state index in [2.05, 4.69) is 264 Å². The standard InChI is InChI=1S/C68H53BN2O2/c1-42-31-43(2)33-44(32-42)45-34-64-66-65(35-45)73-63-39-55-53-30-28-51(71(48-23-15-9-16-24-48)49-25-17-10-18-26-49)37-57(53)68(5,6)59(55)41-61(63)69(66)60-40-58-54(38-62(60)72-64)52-29-27-50(36-56(52)67(58,3)4)70(46-19-11-7-12-20-46)47-21-13-8-14-22-47/h7-41H,1-6H3. The van der Waals surface area contributed by atoms with Crippen LogP contribution in [0.4, 0.5) is 34.1 Å². The first-order chi connectivity index (χ1) is 35.5. The average Bonchev–Trinajstić information content (AvgIpc) is 3.75. The smallest absolute Gasteiger partial charge is 0.260 e. The molecule has 0 unspecified atom stereocenters. The van der Waals surface area contributed by atoms with Crippen molar-refractivity contribution >= 4 is 57.2 Å². The lowest BCUT2D eigenvalue weighted by Gasteiger charge is -2.35. The number of aryl methyl sites for hydroxylation is 2. The molecule has 4 nitrogen and oxygen atoms in total. The third-order valence-electron chi connectivity index (χ3n) is 16.2. The zero-order valence-corrected chi connectivity index (χ0v) is 42.0. The first-order valence-corrected chi connectivity index (χ1v) is 25.6. The van der Waals surface area contributed by atoms with Crippen molar-refractivity contribution < 1.29 is 9.47 Å². The highest BCUT2D eigenvalue weighted by atomic mass is 16.5. The molecule has 0 spiro atoms. The molecule has 5 heteroatoms. The SMILES string of the molecule is Cc1cc(C)cc(-c2cc3c4c(c2)Oc2cc5c(cc2B4c2cc4c(cc2O3)-c2ccc(N(c3ccccc3)c3ccccc3)cc2C4(C)C)C(C)(C)c2cc(N(c3ccccc3)c3ccccc3)ccc2-5)c1. The Morgan fingerprint density at radius 2 is 0.685 bits per heavy atom. The minimum absolute atomic E-state index is 0.121. The third-order valence-corrected chi connectivity index (χ3v) is 16.2. The van der Waals surface area contributed by atoms with Crippen molar-refractivity contribution in [2.24, 2.45) is 0 Å². The van der Waals surface area contributed by atoms with E-state index in [0.29, 0.717) is 0 Å². The summed E-state index contributed by atoms with van der Waals surface area (Å²) in [6.07, 6.45) is 0. The first-order valence-electron chi connectivity index (χ1n) is 25.6. The van der Waals surface area contributed by atoms with Gasteiger partial charge in [-0.2, -0.15) is 0 Å². The van der Waals surface area contributed by atoms with E-state index in [-0.39, 0.29) is 17.5 Å². The number of para-hydroxylation sites is 4. The van der Waals surface area contributed by atoms with Crippen LogP contribution in [-0.4, -0.2) is 6.71 Å². The maximum atomic E-state index is 7.25. The highest BCUT2D eigenvalue weighted by Gasteiger charge is 2.46. The Bertz CT molecular complexity index is 3560. The number of hydrogen-bond donors (Lipinski definition) is 0. The van der Waals surface area contributed by atoms with E-state index in [1.54, 1.807) is 0 Å². The van der Waals surface area contributed by atoms with Crippen molar-refractivity contribution in [2.45, 2.75) is 52.4 Å². The predicted molar refractivity (Wildman–Crippen MR) is 304 cm³/mol. The normalized spacial score (nSPS) is 14.3. The van der Waals surface area contributed by atoms with Gasteiger partial charge >= 0.3 is 0 Å². The summed E-state index contributed by atoms with van der Waals surface area (Å²) < 4.78 is 14.5. The van der Waals surface area contributed by atoms with Gasteiger partial charge in [0.2, 0.25) is 0 Å². The van der Waals surface area contributed by atoms with Gasteiger partial charge in [0.15, 0.2) is 0 Å². The van der Waals surface area contributed by atoms with Gasteiger partial charge in [-0.05, 0) is 177 Å². The Balaban J connectivity index is 0.928. The zero-order valence-electron chi connectivity index (χ0n) is 42.0. The summed E-state index contributed by atoms with van der Waals surface area (Å²) in [5, 5.41) is 0. The fourth-order valence-electron chi connectivity index (χ4n) is 12.7. The molecule has 4 aliphatic rings. The van der Waals surface area contributed by atoms with Gasteiger partial charge in [0.05, 0.1) is 0 Å². The van der Waals surface area contributed by atoms with Crippen LogP contribution < -0.4 is 35.7 Å². The van der Waals surface area contributed by atoms with Gasteiger partial charge in [0, 0.05) is 50.4 Å². The van der Waals surface area contributed by atoms with Gasteiger partial charge in [0.25, 0.3) is 6.71 Å². The molecule has 0 bridgehead atoms. The van der Waals surface area contributed by atoms with Crippen LogP contribution in [0.2, 0.25) is 0 Å². The van der Waals surface area contributed by atoms with Crippen molar-refractivity contribution in [1.82, 2.24) is 0 Å². The van der Waals surface area contributed by atoms with Crippen molar-refractivity contribution in [1.29, 1.82) is 0 Å². The van der Waals surface area contributed by atoms with E-state index in [9.17, 15) is 0 Å². The van der Waals surface area contributed by atoms with Crippen molar-refractivity contribution in [3.05, 3.63) is 246 Å². The molecule has 0 saturated carbocycles. The van der Waals surface area contributed by atoms with Crippen LogP contribution in [0.25, 0.3) is 33.4 Å². The number of nitrogens with zero attached hydrogens (tertiary/aromatic N) is 2. The summed E-state index contributed by atoms with van der Waals surface area (Å²) in [7, 11) is 0. The van der Waals surface area contributed by atoms with Crippen LogP contribution in [0, 0.1) is 13.8 Å². The molecule has 10 aromatic rings. The second-order valence-electron chi connectivity index (χ2n) is 21.5. The summed E-state index contributed by atoms with van der Waals surface area (Å²) in [5.41, 5.74) is 24.4. The average molecular weight is 941 g/mol. The van der Waals surface area contributed by atoms with Crippen molar-refractivity contribution in [3.8, 4) is 56.4 Å². The lowest BCUT2D eigenvalue weighted by atomic mass is 9.34. The molecule has 0 fully saturated rings. The van der Waals surface area contributed by atoms with Crippen LogP contribution in [0.1, 0.15) is 61.1 Å². The highest BCUT2D eigenvalue weighted by molar-refractivity contribution is 6.98. The Labute approximate surface area is 428 Å². The number of anilines is 6. The molecule has 0 aromatic heterocycles. The molecule has 350 valence electrons. The molecule has 2 aliphatic carbocycles. The van der Waals surface area contributed by atoms with E-state index in [4.69, 9.17) is 9.47 Å². The van der Waals surface area contributed by atoms with E-state index >= 15 is 0 Å². The van der Waals surface area contributed by atoms with E-state index in [1.807, 2.05) is 0 Å². The van der Waals surface area contributed by atoms with Gasteiger partial charge in [-0.15, -0.1) is 0 Å². The van der Waals surface area contributed by atoms with Crippen LogP contribution in [0.3, 0.4) is 0 Å².